The minimum atomic E-state index is -3.74. The Morgan fingerprint density at radius 3 is 2.41 bits per heavy atom. The van der Waals surface area contributed by atoms with Gasteiger partial charge in [0.25, 0.3) is 5.91 Å². The first kappa shape index (κ1) is 24.3. The van der Waals surface area contributed by atoms with E-state index in [1.807, 2.05) is 36.6 Å². The number of thioether (sulfide) groups is 1. The van der Waals surface area contributed by atoms with Gasteiger partial charge in [-0.1, -0.05) is 30.3 Å². The SMILES string of the molecule is CSCc1ccc(C(=O)Nc2cc(S(=O)(=O)N3CCOCC3)ccc2Oc2ccccc2)cc1. The van der Waals surface area contributed by atoms with Gasteiger partial charge in [0, 0.05) is 24.4 Å². The standard InChI is InChI=1S/C25H26N2O5S2/c1-33-18-19-7-9-20(10-8-19)25(28)26-23-17-22(34(29,30)27-13-15-31-16-14-27)11-12-24(23)32-21-5-3-2-4-6-21/h2-12,17H,13-16,18H2,1H3,(H,26,28). The number of carbonyl (C=O) groups excluding carboxylic acids is 1. The number of nitrogens with zero attached hydrogens (tertiary/aromatic N) is 1. The predicted molar refractivity (Wildman–Crippen MR) is 134 cm³/mol. The maximum Gasteiger partial charge on any atom is 0.255 e. The highest BCUT2D eigenvalue weighted by molar-refractivity contribution is 7.97. The smallest absolute Gasteiger partial charge is 0.255 e. The van der Waals surface area contributed by atoms with Gasteiger partial charge in [-0.25, -0.2) is 8.42 Å². The van der Waals surface area contributed by atoms with Crippen molar-refractivity contribution in [1.29, 1.82) is 0 Å². The Kier molecular flexibility index (Phi) is 7.89. The molecule has 9 heteroatoms. The van der Waals surface area contributed by atoms with Gasteiger partial charge in [0.15, 0.2) is 5.75 Å². The zero-order valence-corrected chi connectivity index (χ0v) is 20.4. The number of hydrogen-bond donors (Lipinski definition) is 1. The number of rotatable bonds is 8. The number of ether oxygens (including phenoxy) is 2. The van der Waals surface area contributed by atoms with E-state index in [0.29, 0.717) is 30.3 Å². The van der Waals surface area contributed by atoms with Crippen LogP contribution in [0.2, 0.25) is 0 Å². The lowest BCUT2D eigenvalue weighted by atomic mass is 10.1. The molecule has 1 heterocycles. The van der Waals surface area contributed by atoms with Crippen LogP contribution in [0.15, 0.2) is 77.7 Å². The Morgan fingerprint density at radius 2 is 1.74 bits per heavy atom. The van der Waals surface area contributed by atoms with E-state index >= 15 is 0 Å². The van der Waals surface area contributed by atoms with Crippen molar-refractivity contribution in [3.63, 3.8) is 0 Å². The topological polar surface area (TPSA) is 84.9 Å². The number of sulfonamides is 1. The Hall–Kier alpha value is -2.85. The van der Waals surface area contributed by atoms with Crippen LogP contribution in [0.5, 0.6) is 11.5 Å². The zero-order valence-electron chi connectivity index (χ0n) is 18.8. The zero-order chi connectivity index (χ0) is 24.0. The third kappa shape index (κ3) is 5.79. The van der Waals surface area contributed by atoms with Gasteiger partial charge < -0.3 is 14.8 Å². The number of para-hydroxylation sites is 1. The molecule has 0 aliphatic carbocycles. The lowest BCUT2D eigenvalue weighted by Gasteiger charge is -2.26. The van der Waals surface area contributed by atoms with Crippen molar-refractivity contribution in [2.75, 3.05) is 37.9 Å². The second-order valence-corrected chi connectivity index (χ2v) is 10.5. The Bertz CT molecular complexity index is 1230. The number of nitrogens with one attached hydrogen (secondary N) is 1. The van der Waals surface area contributed by atoms with E-state index in [-0.39, 0.29) is 29.6 Å². The normalized spacial score (nSPS) is 14.5. The van der Waals surface area contributed by atoms with Crippen molar-refractivity contribution in [3.8, 4) is 11.5 Å². The highest BCUT2D eigenvalue weighted by atomic mass is 32.2. The third-order valence-electron chi connectivity index (χ3n) is 5.31. The third-order valence-corrected chi connectivity index (χ3v) is 7.82. The van der Waals surface area contributed by atoms with E-state index in [1.54, 1.807) is 42.1 Å². The molecule has 34 heavy (non-hydrogen) atoms. The van der Waals surface area contributed by atoms with Crippen LogP contribution in [0.1, 0.15) is 15.9 Å². The van der Waals surface area contributed by atoms with Crippen molar-refractivity contribution >= 4 is 33.4 Å². The second-order valence-electron chi connectivity index (χ2n) is 7.67. The van der Waals surface area contributed by atoms with Gasteiger partial charge in [-0.05, 0) is 54.3 Å². The number of benzene rings is 3. The molecule has 0 unspecified atom stereocenters. The lowest BCUT2D eigenvalue weighted by Crippen LogP contribution is -2.40. The van der Waals surface area contributed by atoms with Crippen molar-refractivity contribution in [1.82, 2.24) is 4.31 Å². The number of morpholine rings is 1. The number of carbonyl (C=O) groups is 1. The Balaban J connectivity index is 1.65. The molecule has 0 spiro atoms. The maximum atomic E-state index is 13.2. The Labute approximate surface area is 204 Å². The number of anilines is 1. The molecule has 1 aliphatic rings. The monoisotopic (exact) mass is 498 g/mol. The summed E-state index contributed by atoms with van der Waals surface area (Å²) in [6.07, 6.45) is 2.02. The van der Waals surface area contributed by atoms with Crippen LogP contribution in [0.4, 0.5) is 5.69 Å². The average molecular weight is 499 g/mol. The molecule has 0 radical (unpaired) electrons. The van der Waals surface area contributed by atoms with Crippen LogP contribution in [-0.4, -0.2) is 51.2 Å². The van der Waals surface area contributed by atoms with Crippen LogP contribution < -0.4 is 10.1 Å². The second kappa shape index (κ2) is 11.1. The van der Waals surface area contributed by atoms with Crippen molar-refractivity contribution in [3.05, 3.63) is 83.9 Å². The molecule has 0 saturated carbocycles. The molecular weight excluding hydrogens is 472 g/mol. The first-order chi connectivity index (χ1) is 16.5. The highest BCUT2D eigenvalue weighted by Gasteiger charge is 2.27. The van der Waals surface area contributed by atoms with Crippen LogP contribution in [0.3, 0.4) is 0 Å². The molecule has 1 amide bonds. The summed E-state index contributed by atoms with van der Waals surface area (Å²) in [6.45, 7) is 1.28. The quantitative estimate of drug-likeness (QED) is 0.488. The van der Waals surface area contributed by atoms with E-state index in [0.717, 1.165) is 11.3 Å². The summed E-state index contributed by atoms with van der Waals surface area (Å²) in [7, 11) is -3.74. The van der Waals surface area contributed by atoms with Gasteiger partial charge in [0.1, 0.15) is 5.75 Å². The van der Waals surface area contributed by atoms with Gasteiger partial charge >= 0.3 is 0 Å². The van der Waals surface area contributed by atoms with Crippen molar-refractivity contribution in [2.45, 2.75) is 10.6 Å². The lowest BCUT2D eigenvalue weighted by molar-refractivity contribution is 0.0730. The minimum absolute atomic E-state index is 0.0837. The average Bonchev–Trinajstić information content (AvgIpc) is 2.87. The summed E-state index contributed by atoms with van der Waals surface area (Å²) in [5.41, 5.74) is 1.86. The van der Waals surface area contributed by atoms with E-state index < -0.39 is 10.0 Å². The number of amides is 1. The van der Waals surface area contributed by atoms with Gasteiger partial charge in [-0.3, -0.25) is 4.79 Å². The van der Waals surface area contributed by atoms with Crippen LogP contribution in [0.25, 0.3) is 0 Å². The molecule has 1 saturated heterocycles. The van der Waals surface area contributed by atoms with Gasteiger partial charge in [0.05, 0.1) is 23.8 Å². The fourth-order valence-corrected chi connectivity index (χ4v) is 5.48. The predicted octanol–water partition coefficient (Wildman–Crippen LogP) is 4.62. The largest absolute Gasteiger partial charge is 0.455 e. The fraction of sp³-hybridized carbons (Fsp3) is 0.240. The van der Waals surface area contributed by atoms with Gasteiger partial charge in [-0.2, -0.15) is 16.1 Å². The maximum absolute atomic E-state index is 13.2. The molecule has 3 aromatic carbocycles. The minimum Gasteiger partial charge on any atom is -0.455 e. The molecule has 0 bridgehead atoms. The first-order valence-corrected chi connectivity index (χ1v) is 13.6. The van der Waals surface area contributed by atoms with E-state index in [9.17, 15) is 13.2 Å². The molecule has 178 valence electrons. The summed E-state index contributed by atoms with van der Waals surface area (Å²) in [6, 6.07) is 21.0. The summed E-state index contributed by atoms with van der Waals surface area (Å²) in [5, 5.41) is 2.84. The van der Waals surface area contributed by atoms with E-state index in [4.69, 9.17) is 9.47 Å². The van der Waals surface area contributed by atoms with Gasteiger partial charge in [-0.15, -0.1) is 0 Å². The van der Waals surface area contributed by atoms with Gasteiger partial charge in [0.2, 0.25) is 10.0 Å². The fourth-order valence-electron chi connectivity index (χ4n) is 3.52. The Morgan fingerprint density at radius 1 is 1.03 bits per heavy atom. The molecule has 0 aromatic heterocycles. The molecule has 0 atom stereocenters. The molecule has 1 N–H and O–H groups in total. The molecule has 3 aromatic rings. The molecule has 1 fully saturated rings. The van der Waals surface area contributed by atoms with Crippen LogP contribution >= 0.6 is 11.8 Å². The van der Waals surface area contributed by atoms with Crippen molar-refractivity contribution < 1.29 is 22.7 Å². The summed E-state index contributed by atoms with van der Waals surface area (Å²) < 4.78 is 39.0. The van der Waals surface area contributed by atoms with Crippen LogP contribution in [0, 0.1) is 0 Å². The molecular formula is C25H26N2O5S2. The molecule has 1 aliphatic heterocycles. The highest BCUT2D eigenvalue weighted by Crippen LogP contribution is 2.33. The molecule has 4 rings (SSSR count). The summed E-state index contributed by atoms with van der Waals surface area (Å²) in [5.74, 6) is 1.43. The number of hydrogen-bond acceptors (Lipinski definition) is 6. The van der Waals surface area contributed by atoms with Crippen molar-refractivity contribution in [2.24, 2.45) is 0 Å². The first-order valence-electron chi connectivity index (χ1n) is 10.8. The summed E-state index contributed by atoms with van der Waals surface area (Å²) >= 11 is 1.70. The van der Waals surface area contributed by atoms with Crippen LogP contribution in [-0.2, 0) is 20.5 Å². The molecule has 7 nitrogen and oxygen atoms in total. The summed E-state index contributed by atoms with van der Waals surface area (Å²) in [4.78, 5) is 13.1. The van der Waals surface area contributed by atoms with E-state index in [1.165, 1.54) is 16.4 Å². The van der Waals surface area contributed by atoms with E-state index in [2.05, 4.69) is 5.32 Å².